The average Bonchev–Trinajstić information content (AvgIpc) is 4.12. The first-order valence-electron chi connectivity index (χ1n) is 28.4. The van der Waals surface area contributed by atoms with Gasteiger partial charge >= 0.3 is 419 Å². The van der Waals surface area contributed by atoms with E-state index in [0.717, 1.165) is 22.1 Å². The fourth-order valence-electron chi connectivity index (χ4n) is 13.3. The van der Waals surface area contributed by atoms with Crippen LogP contribution in [0.2, 0.25) is 28.1 Å². The molecular weight excluding hydrogens is 1030 g/mol. The van der Waals surface area contributed by atoms with Crippen molar-refractivity contribution in [3.63, 3.8) is 0 Å². The number of hydrogen-bond acceptors (Lipinski definition) is 6. The zero-order valence-corrected chi connectivity index (χ0v) is 50.1. The molecule has 6 nitrogen and oxygen atoms in total. The number of aromatic nitrogens is 4. The van der Waals surface area contributed by atoms with Crippen LogP contribution in [0.3, 0.4) is 0 Å². The van der Waals surface area contributed by atoms with Crippen LogP contribution in [-0.2, 0) is 10.8 Å². The first-order valence-corrected chi connectivity index (χ1v) is 45.8. The number of nitrogens with zero attached hydrogens (tertiary/aromatic N) is 4. The van der Waals surface area contributed by atoms with Gasteiger partial charge in [0.2, 0.25) is 0 Å². The molecule has 0 unspecified atom stereocenters. The van der Waals surface area contributed by atoms with Gasteiger partial charge in [-0.2, -0.15) is 0 Å². The maximum atomic E-state index is 6.08. The fourth-order valence-corrected chi connectivity index (χ4v) is 33.9. The van der Waals surface area contributed by atoms with Crippen molar-refractivity contribution in [3.05, 3.63) is 46.5 Å². The Morgan fingerprint density at radius 2 is 0.701 bits per heavy atom. The summed E-state index contributed by atoms with van der Waals surface area (Å²) in [5, 5.41) is 19.8. The maximum absolute atomic E-state index is 6.08. The molecule has 67 heavy (non-hydrogen) atoms. The van der Waals surface area contributed by atoms with E-state index in [1.54, 1.807) is 14.7 Å². The van der Waals surface area contributed by atoms with Crippen LogP contribution in [0.25, 0.3) is 44.3 Å². The van der Waals surface area contributed by atoms with Crippen LogP contribution in [0.15, 0.2) is 33.5 Å². The van der Waals surface area contributed by atoms with Crippen molar-refractivity contribution >= 4 is 66.0 Å². The third-order valence-electron chi connectivity index (χ3n) is 17.1. The monoisotopic (exact) mass is 1130 g/mol. The van der Waals surface area contributed by atoms with Gasteiger partial charge in [-0.25, -0.2) is 0 Å². The summed E-state index contributed by atoms with van der Waals surface area (Å²) in [4.78, 5) is 7.64. The van der Waals surface area contributed by atoms with E-state index in [9.17, 15) is 0 Å². The molecule has 7 rings (SSSR count). The van der Waals surface area contributed by atoms with Gasteiger partial charge in [0.05, 0.1) is 0 Å². The Morgan fingerprint density at radius 1 is 0.373 bits per heavy atom. The quantitative estimate of drug-likeness (QED) is 0.0325. The standard InChI is InChI=1S/C44H56N4O2.3C4H9.3CH3.2Sn/c1-5-9-13-17-25-43(26-18-14-10-6-2)33-21-23-37-41(47-49-45-37)39(33)31-30-36-32(29-35(31)43)40-34(22-24-38-42(40)48-50-46-38)44(36,27-19-15-11-7-3)28-20-16-12-8-4;3*1-3-4-2;;;;;/h21-22,29-30H,5-20,25-28H2,1-4H3;3*1,3-4H2,2H3;3*1H3;;. The summed E-state index contributed by atoms with van der Waals surface area (Å²) in [5.74, 6) is 0. The first kappa shape index (κ1) is 52.9. The zero-order chi connectivity index (χ0) is 47.7. The van der Waals surface area contributed by atoms with Crippen molar-refractivity contribution < 1.29 is 9.26 Å². The van der Waals surface area contributed by atoms with E-state index in [0.29, 0.717) is 0 Å². The number of hydrogen-bond donors (Lipinski definition) is 0. The number of rotatable bonds is 31. The molecule has 2 aromatic heterocycles. The van der Waals surface area contributed by atoms with Crippen LogP contribution in [0.4, 0.5) is 0 Å². The van der Waals surface area contributed by atoms with Gasteiger partial charge in [0.1, 0.15) is 0 Å². The van der Waals surface area contributed by atoms with Crippen molar-refractivity contribution in [2.75, 3.05) is 0 Å². The molecule has 0 radical (unpaired) electrons. The summed E-state index contributed by atoms with van der Waals surface area (Å²) in [6.45, 7) is 16.6. The molecule has 3 aromatic carbocycles. The predicted molar refractivity (Wildman–Crippen MR) is 292 cm³/mol. The average molecular weight is 1130 g/mol. The Kier molecular flexibility index (Phi) is 18.9. The molecule has 368 valence electrons. The number of benzene rings is 3. The van der Waals surface area contributed by atoms with Crippen LogP contribution in [-0.4, -0.2) is 57.4 Å². The third-order valence-corrected chi connectivity index (χ3v) is 38.3. The Balaban J connectivity index is 1.59. The zero-order valence-electron chi connectivity index (χ0n) is 44.4. The van der Waals surface area contributed by atoms with E-state index in [1.807, 2.05) is 0 Å². The van der Waals surface area contributed by atoms with E-state index in [-0.39, 0.29) is 10.8 Å². The Labute approximate surface area is 415 Å². The van der Waals surface area contributed by atoms with Crippen molar-refractivity contribution in [1.82, 2.24) is 20.6 Å². The molecular formula is C59H92N4O2Sn2. The van der Waals surface area contributed by atoms with Gasteiger partial charge < -0.3 is 0 Å². The van der Waals surface area contributed by atoms with Crippen LogP contribution in [0, 0.1) is 0 Å². The molecule has 0 saturated carbocycles. The third kappa shape index (κ3) is 10.5. The minimum absolute atomic E-state index is 0.0962. The Bertz CT molecular complexity index is 2320. The molecule has 0 spiro atoms. The summed E-state index contributed by atoms with van der Waals surface area (Å²) in [5.41, 5.74) is 15.8. The summed E-state index contributed by atoms with van der Waals surface area (Å²) in [7, 11) is 0. The van der Waals surface area contributed by atoms with E-state index in [1.165, 1.54) is 217 Å². The van der Waals surface area contributed by atoms with Gasteiger partial charge in [0.15, 0.2) is 0 Å². The molecule has 2 aliphatic carbocycles. The molecule has 0 amide bonds. The van der Waals surface area contributed by atoms with Crippen LogP contribution in [0.5, 0.6) is 0 Å². The second-order valence-corrected chi connectivity index (χ2v) is 50.3. The second-order valence-electron chi connectivity index (χ2n) is 22.8. The molecule has 5 aromatic rings. The van der Waals surface area contributed by atoms with E-state index in [2.05, 4.69) is 87.6 Å². The molecule has 0 N–H and O–H groups in total. The van der Waals surface area contributed by atoms with E-state index >= 15 is 0 Å². The van der Waals surface area contributed by atoms with Gasteiger partial charge in [0, 0.05) is 0 Å². The number of fused-ring (bicyclic) bond motifs is 10. The van der Waals surface area contributed by atoms with Gasteiger partial charge in [-0.1, -0.05) is 0 Å². The van der Waals surface area contributed by atoms with Crippen molar-refractivity contribution in [2.24, 2.45) is 0 Å². The van der Waals surface area contributed by atoms with Gasteiger partial charge in [-0.05, 0) is 0 Å². The summed E-state index contributed by atoms with van der Waals surface area (Å²) in [6, 6.07) is 11.1. The summed E-state index contributed by atoms with van der Waals surface area (Å²) in [6.07, 6.45) is 32.7. The van der Waals surface area contributed by atoms with Gasteiger partial charge in [-0.15, -0.1) is 0 Å². The molecule has 0 atom stereocenters. The summed E-state index contributed by atoms with van der Waals surface area (Å²) >= 11 is -5.80. The molecule has 0 saturated heterocycles. The topological polar surface area (TPSA) is 77.8 Å². The molecule has 2 heterocycles. The number of unbranched alkanes of at least 4 members (excludes halogenated alkanes) is 15. The van der Waals surface area contributed by atoms with Crippen molar-refractivity contribution in [3.8, 4) is 22.3 Å². The predicted octanol–water partition coefficient (Wildman–Crippen LogP) is 17.8. The van der Waals surface area contributed by atoms with E-state index in [4.69, 9.17) is 29.9 Å². The van der Waals surface area contributed by atoms with Gasteiger partial charge in [-0.3, -0.25) is 0 Å². The normalized spacial score (nSPS) is 14.9. The van der Waals surface area contributed by atoms with Crippen molar-refractivity contribution in [2.45, 2.75) is 254 Å². The molecule has 0 bridgehead atoms. The molecule has 2 aliphatic rings. The fraction of sp³-hybridized carbons (Fsp3) is 0.695. The SMILES string of the molecule is CCCCCCC1(CCCCCC)c2cc3c(cc2-c2c1c[c]([Sn]([CH3])([CH3])[CH3])c1nonc21)C(CCCCCC)(CCCCCC)c1c[c]([Sn]([CH2]CCC)([CH2]CCC)[CH2]CCC)c2nonc2c1-3. The Morgan fingerprint density at radius 3 is 1.04 bits per heavy atom. The molecule has 8 heteroatoms. The van der Waals surface area contributed by atoms with Crippen molar-refractivity contribution in [1.29, 1.82) is 0 Å². The van der Waals surface area contributed by atoms with E-state index < -0.39 is 36.8 Å². The summed E-state index contributed by atoms with van der Waals surface area (Å²) < 4.78 is 19.3. The van der Waals surface area contributed by atoms with Crippen LogP contribution < -0.4 is 7.16 Å². The van der Waals surface area contributed by atoms with Gasteiger partial charge in [0.25, 0.3) is 0 Å². The minimum atomic E-state index is -3.08. The molecule has 0 aliphatic heterocycles. The second kappa shape index (κ2) is 24.0. The first-order chi connectivity index (χ1) is 32.6. The van der Waals surface area contributed by atoms with Crippen LogP contribution >= 0.6 is 0 Å². The Hall–Kier alpha value is -1.94. The molecule has 0 fully saturated rings. The van der Waals surface area contributed by atoms with Crippen LogP contribution in [0.1, 0.15) is 238 Å².